The zero-order valence-electron chi connectivity index (χ0n) is 16.3. The maximum Gasteiger partial charge on any atom is 0.251 e. The summed E-state index contributed by atoms with van der Waals surface area (Å²) >= 11 is 0. The number of hydrogen-bond acceptors (Lipinski definition) is 5. The number of halogens is 1. The molecule has 2 rings (SSSR count). The van der Waals surface area contributed by atoms with Crippen LogP contribution in [-0.4, -0.2) is 44.3 Å². The molecule has 0 aromatic heterocycles. The van der Waals surface area contributed by atoms with Gasteiger partial charge in [0.1, 0.15) is 5.82 Å². The van der Waals surface area contributed by atoms with Gasteiger partial charge < -0.3 is 21.1 Å². The van der Waals surface area contributed by atoms with Crippen LogP contribution in [0.25, 0.3) is 0 Å². The predicted molar refractivity (Wildman–Crippen MR) is 110 cm³/mol. The maximum atomic E-state index is 13.1. The molecule has 0 spiro atoms. The molecule has 7 nitrogen and oxygen atoms in total. The Morgan fingerprint density at radius 2 is 1.76 bits per heavy atom. The molecule has 0 saturated heterocycles. The lowest BCUT2D eigenvalue weighted by Gasteiger charge is -2.11. The van der Waals surface area contributed by atoms with Gasteiger partial charge in [-0.1, -0.05) is 0 Å². The fraction of sp³-hybridized carbons (Fsp3) is 0.286. The first-order chi connectivity index (χ1) is 13.9. The van der Waals surface area contributed by atoms with Gasteiger partial charge in [-0.05, 0) is 48.9 Å². The number of hydrogen-bond donors (Lipinski definition) is 4. The van der Waals surface area contributed by atoms with Crippen LogP contribution < -0.4 is 16.4 Å². The molecule has 0 aliphatic rings. The fourth-order valence-electron chi connectivity index (χ4n) is 2.61. The average molecular weight is 400 g/mol. The molecule has 8 heteroatoms. The lowest BCUT2D eigenvalue weighted by molar-refractivity contribution is -0.120. The third kappa shape index (κ3) is 6.69. The van der Waals surface area contributed by atoms with Gasteiger partial charge in [0, 0.05) is 55.6 Å². The molecule has 0 radical (unpaired) electrons. The van der Waals surface area contributed by atoms with Gasteiger partial charge in [-0.2, -0.15) is 0 Å². The molecule has 29 heavy (non-hydrogen) atoms. The Hall–Kier alpha value is -3.26. The molecule has 5 N–H and O–H groups in total. The number of benzene rings is 2. The Bertz CT molecular complexity index is 869. The lowest BCUT2D eigenvalue weighted by Crippen LogP contribution is -2.31. The van der Waals surface area contributed by atoms with Gasteiger partial charge in [-0.3, -0.25) is 15.0 Å². The summed E-state index contributed by atoms with van der Waals surface area (Å²) in [4.78, 5) is 24.1. The molecular weight excluding hydrogens is 375 g/mol. The number of nitrogens with two attached hydrogens (primary N) is 1. The van der Waals surface area contributed by atoms with Crippen LogP contribution in [0, 0.1) is 11.2 Å². The van der Waals surface area contributed by atoms with Crippen molar-refractivity contribution in [1.29, 1.82) is 5.41 Å². The molecule has 0 atom stereocenters. The minimum Gasteiger partial charge on any atom is -0.398 e. The van der Waals surface area contributed by atoms with E-state index in [0.29, 0.717) is 35.5 Å². The molecule has 0 bridgehead atoms. The van der Waals surface area contributed by atoms with Crippen molar-refractivity contribution in [3.63, 3.8) is 0 Å². The van der Waals surface area contributed by atoms with Gasteiger partial charge in [0.15, 0.2) is 0 Å². The van der Waals surface area contributed by atoms with E-state index in [1.165, 1.54) is 30.3 Å². The van der Waals surface area contributed by atoms with Gasteiger partial charge in [0.05, 0.1) is 5.71 Å². The summed E-state index contributed by atoms with van der Waals surface area (Å²) in [5.74, 6) is -0.923. The SMILES string of the molecule is COCCCNC(=O)CCNC(=O)c1ccc(N)c(C(=N)c2ccc(F)cc2)c1. The minimum absolute atomic E-state index is 0.0904. The molecule has 2 amide bonds. The predicted octanol–water partition coefficient (Wildman–Crippen LogP) is 2.10. The molecule has 0 unspecified atom stereocenters. The quantitative estimate of drug-likeness (QED) is 0.277. The van der Waals surface area contributed by atoms with E-state index in [2.05, 4.69) is 10.6 Å². The molecule has 2 aromatic rings. The van der Waals surface area contributed by atoms with Crippen LogP contribution in [0.1, 0.15) is 34.3 Å². The highest BCUT2D eigenvalue weighted by Crippen LogP contribution is 2.19. The molecule has 0 aliphatic heterocycles. The van der Waals surface area contributed by atoms with Gasteiger partial charge in [-0.15, -0.1) is 0 Å². The van der Waals surface area contributed by atoms with Crippen LogP contribution in [0.2, 0.25) is 0 Å². The van der Waals surface area contributed by atoms with Crippen molar-refractivity contribution in [3.8, 4) is 0 Å². The normalized spacial score (nSPS) is 10.4. The third-order valence-electron chi connectivity index (χ3n) is 4.20. The largest absolute Gasteiger partial charge is 0.398 e. The second kappa shape index (κ2) is 10.9. The Morgan fingerprint density at radius 3 is 2.45 bits per heavy atom. The summed E-state index contributed by atoms with van der Waals surface area (Å²) in [5.41, 5.74) is 7.57. The van der Waals surface area contributed by atoms with Crippen LogP contribution in [0.5, 0.6) is 0 Å². The molecular formula is C21H25FN4O3. The summed E-state index contributed by atoms with van der Waals surface area (Å²) in [5, 5.41) is 13.7. The zero-order chi connectivity index (χ0) is 21.2. The Labute approximate surface area is 169 Å². The van der Waals surface area contributed by atoms with Crippen LogP contribution >= 0.6 is 0 Å². The summed E-state index contributed by atoms with van der Waals surface area (Å²) < 4.78 is 18.0. The average Bonchev–Trinajstić information content (AvgIpc) is 2.71. The molecule has 0 heterocycles. The monoisotopic (exact) mass is 400 g/mol. The van der Waals surface area contributed by atoms with Crippen molar-refractivity contribution in [2.45, 2.75) is 12.8 Å². The maximum absolute atomic E-state index is 13.1. The Kier molecular flexibility index (Phi) is 8.29. The Morgan fingerprint density at radius 1 is 1.07 bits per heavy atom. The number of nitrogens with one attached hydrogen (secondary N) is 3. The van der Waals surface area contributed by atoms with E-state index >= 15 is 0 Å². The summed E-state index contributed by atoms with van der Waals surface area (Å²) in [6.45, 7) is 1.28. The highest BCUT2D eigenvalue weighted by molar-refractivity contribution is 6.14. The number of ether oxygens (including phenoxy) is 1. The minimum atomic E-state index is -0.398. The van der Waals surface area contributed by atoms with E-state index < -0.39 is 5.82 Å². The van der Waals surface area contributed by atoms with Gasteiger partial charge in [0.2, 0.25) is 5.91 Å². The van der Waals surface area contributed by atoms with E-state index in [1.807, 2.05) is 0 Å². The van der Waals surface area contributed by atoms with Crippen molar-refractivity contribution in [2.75, 3.05) is 32.5 Å². The highest BCUT2D eigenvalue weighted by atomic mass is 19.1. The van der Waals surface area contributed by atoms with Crippen LogP contribution in [-0.2, 0) is 9.53 Å². The van der Waals surface area contributed by atoms with E-state index in [-0.39, 0.29) is 30.5 Å². The topological polar surface area (TPSA) is 117 Å². The van der Waals surface area contributed by atoms with E-state index in [4.69, 9.17) is 15.9 Å². The molecule has 154 valence electrons. The molecule has 0 saturated carbocycles. The van der Waals surface area contributed by atoms with Crippen LogP contribution in [0.15, 0.2) is 42.5 Å². The second-order valence-corrected chi connectivity index (χ2v) is 6.39. The number of methoxy groups -OCH3 is 1. The van der Waals surface area contributed by atoms with Crippen molar-refractivity contribution in [2.24, 2.45) is 0 Å². The standard InChI is InChI=1S/C21H25FN4O3/c1-29-12-2-10-25-19(27)9-11-26-21(28)15-5-8-18(23)17(13-15)20(24)14-3-6-16(22)7-4-14/h3-8,13,24H,2,9-12,23H2,1H3,(H,25,27)(H,26,28). The summed E-state index contributed by atoms with van der Waals surface area (Å²) in [6.07, 6.45) is 0.884. The first-order valence-corrected chi connectivity index (χ1v) is 9.20. The highest BCUT2D eigenvalue weighted by Gasteiger charge is 2.13. The molecule has 0 fully saturated rings. The number of carbonyl (C=O) groups is 2. The number of amides is 2. The molecule has 0 aliphatic carbocycles. The lowest BCUT2D eigenvalue weighted by atomic mass is 9.98. The van der Waals surface area contributed by atoms with E-state index in [1.54, 1.807) is 19.2 Å². The van der Waals surface area contributed by atoms with Gasteiger partial charge in [0.25, 0.3) is 5.91 Å². The first kappa shape index (κ1) is 22.0. The Balaban J connectivity index is 1.94. The van der Waals surface area contributed by atoms with Crippen molar-refractivity contribution < 1.29 is 18.7 Å². The van der Waals surface area contributed by atoms with Gasteiger partial charge >= 0.3 is 0 Å². The summed E-state index contributed by atoms with van der Waals surface area (Å²) in [7, 11) is 1.60. The zero-order valence-corrected chi connectivity index (χ0v) is 16.3. The summed E-state index contributed by atoms with van der Waals surface area (Å²) in [6, 6.07) is 10.1. The first-order valence-electron chi connectivity index (χ1n) is 9.20. The smallest absolute Gasteiger partial charge is 0.251 e. The number of nitrogen functional groups attached to an aromatic ring is 1. The number of carbonyl (C=O) groups excluding carboxylic acids is 2. The van der Waals surface area contributed by atoms with E-state index in [9.17, 15) is 14.0 Å². The second-order valence-electron chi connectivity index (χ2n) is 6.39. The van der Waals surface area contributed by atoms with Crippen molar-refractivity contribution >= 4 is 23.2 Å². The third-order valence-corrected chi connectivity index (χ3v) is 4.20. The van der Waals surface area contributed by atoms with E-state index in [0.717, 1.165) is 6.42 Å². The van der Waals surface area contributed by atoms with Gasteiger partial charge in [-0.25, -0.2) is 4.39 Å². The van der Waals surface area contributed by atoms with Crippen molar-refractivity contribution in [1.82, 2.24) is 10.6 Å². The van der Waals surface area contributed by atoms with Crippen LogP contribution in [0.4, 0.5) is 10.1 Å². The van der Waals surface area contributed by atoms with Crippen LogP contribution in [0.3, 0.4) is 0 Å². The van der Waals surface area contributed by atoms with Crippen molar-refractivity contribution in [3.05, 3.63) is 65.0 Å². The number of rotatable bonds is 10. The number of anilines is 1. The molecule has 2 aromatic carbocycles. The fourth-order valence-corrected chi connectivity index (χ4v) is 2.61.